The van der Waals surface area contributed by atoms with Crippen molar-refractivity contribution in [3.63, 3.8) is 0 Å². The highest BCUT2D eigenvalue weighted by Gasteiger charge is 2.08. The molecule has 0 amide bonds. The van der Waals surface area contributed by atoms with Crippen molar-refractivity contribution in [3.05, 3.63) is 21.9 Å². The van der Waals surface area contributed by atoms with E-state index in [4.69, 9.17) is 10.4 Å². The van der Waals surface area contributed by atoms with Crippen molar-refractivity contribution < 1.29 is 9.90 Å². The minimum atomic E-state index is -0.902. The molecule has 0 bridgehead atoms. The lowest BCUT2D eigenvalue weighted by Crippen LogP contribution is -1.93. The maximum Gasteiger partial charge on any atom is 0.345 e. The molecule has 1 aromatic rings. The highest BCUT2D eigenvalue weighted by molar-refractivity contribution is 7.13. The molecule has 1 rings (SSSR count). The Morgan fingerprint density at radius 1 is 1.77 bits per heavy atom. The molecule has 0 saturated carbocycles. The summed E-state index contributed by atoms with van der Waals surface area (Å²) in [7, 11) is 0. The van der Waals surface area contributed by atoms with E-state index in [9.17, 15) is 4.79 Å². The Bertz CT molecular complexity index is 351. The fraction of sp³-hybridized carbons (Fsp3) is 0.333. The molecule has 0 aliphatic heterocycles. The van der Waals surface area contributed by atoms with Gasteiger partial charge in [0.1, 0.15) is 4.88 Å². The monoisotopic (exact) mass is 195 g/mol. The molecule has 3 nitrogen and oxygen atoms in total. The van der Waals surface area contributed by atoms with E-state index in [2.05, 4.69) is 6.07 Å². The summed E-state index contributed by atoms with van der Waals surface area (Å²) in [5.41, 5.74) is 0. The second-order valence-electron chi connectivity index (χ2n) is 2.81. The molecule has 0 saturated heterocycles. The summed E-state index contributed by atoms with van der Waals surface area (Å²) < 4.78 is 0. The van der Waals surface area contributed by atoms with Crippen LogP contribution in [-0.4, -0.2) is 11.1 Å². The van der Waals surface area contributed by atoms with Crippen LogP contribution in [0.3, 0.4) is 0 Å². The topological polar surface area (TPSA) is 61.1 Å². The number of nitrogens with zero attached hydrogens (tertiary/aromatic N) is 1. The smallest absolute Gasteiger partial charge is 0.345 e. The van der Waals surface area contributed by atoms with E-state index in [-0.39, 0.29) is 5.92 Å². The minimum absolute atomic E-state index is 0.0553. The summed E-state index contributed by atoms with van der Waals surface area (Å²) in [6.45, 7) is 1.82. The van der Waals surface area contributed by atoms with E-state index in [1.54, 1.807) is 12.1 Å². The molecule has 1 N–H and O–H groups in total. The molecule has 1 unspecified atom stereocenters. The third kappa shape index (κ3) is 2.56. The van der Waals surface area contributed by atoms with Gasteiger partial charge in [0.25, 0.3) is 0 Å². The van der Waals surface area contributed by atoms with E-state index in [0.717, 1.165) is 4.88 Å². The summed E-state index contributed by atoms with van der Waals surface area (Å²) >= 11 is 1.23. The summed E-state index contributed by atoms with van der Waals surface area (Å²) in [6.07, 6.45) is 0.633. The Balaban J connectivity index is 2.70. The van der Waals surface area contributed by atoms with Crippen LogP contribution in [0.2, 0.25) is 0 Å². The summed E-state index contributed by atoms with van der Waals surface area (Å²) in [6, 6.07) is 5.45. The predicted octanol–water partition coefficient (Wildman–Crippen LogP) is 2.15. The fourth-order valence-electron chi connectivity index (χ4n) is 0.950. The van der Waals surface area contributed by atoms with Crippen molar-refractivity contribution in [1.82, 2.24) is 0 Å². The van der Waals surface area contributed by atoms with Gasteiger partial charge in [-0.05, 0) is 25.5 Å². The average molecular weight is 195 g/mol. The van der Waals surface area contributed by atoms with Crippen molar-refractivity contribution in [3.8, 4) is 6.07 Å². The maximum absolute atomic E-state index is 10.5. The number of carboxylic acid groups (broad SMARTS) is 1. The van der Waals surface area contributed by atoms with Gasteiger partial charge in [-0.1, -0.05) is 0 Å². The van der Waals surface area contributed by atoms with Gasteiger partial charge in [-0.25, -0.2) is 4.79 Å². The summed E-state index contributed by atoms with van der Waals surface area (Å²) in [5.74, 6) is -0.957. The normalized spacial score (nSPS) is 12.0. The number of nitriles is 1. The summed E-state index contributed by atoms with van der Waals surface area (Å²) in [5, 5.41) is 17.2. The average Bonchev–Trinajstić information content (AvgIpc) is 2.52. The molecule has 0 aliphatic carbocycles. The molecule has 4 heteroatoms. The Morgan fingerprint density at radius 3 is 2.92 bits per heavy atom. The first kappa shape index (κ1) is 9.75. The lowest BCUT2D eigenvalue weighted by Gasteiger charge is -1.96. The van der Waals surface area contributed by atoms with Crippen LogP contribution in [0.1, 0.15) is 21.5 Å². The van der Waals surface area contributed by atoms with Crippen LogP contribution in [0.25, 0.3) is 0 Å². The number of aromatic carboxylic acids is 1. The molecule has 0 radical (unpaired) electrons. The van der Waals surface area contributed by atoms with Gasteiger partial charge in [-0.15, -0.1) is 11.3 Å². The second-order valence-corrected chi connectivity index (χ2v) is 3.97. The minimum Gasteiger partial charge on any atom is -0.477 e. The molecule has 1 aromatic heterocycles. The number of carboxylic acids is 1. The quantitative estimate of drug-likeness (QED) is 0.803. The van der Waals surface area contributed by atoms with Crippen LogP contribution in [-0.2, 0) is 6.42 Å². The molecule has 0 fully saturated rings. The molecule has 0 aliphatic rings. The zero-order valence-corrected chi connectivity index (χ0v) is 7.97. The largest absolute Gasteiger partial charge is 0.477 e. The van der Waals surface area contributed by atoms with E-state index in [1.807, 2.05) is 6.92 Å². The second kappa shape index (κ2) is 4.06. The van der Waals surface area contributed by atoms with Gasteiger partial charge in [0.15, 0.2) is 0 Å². The van der Waals surface area contributed by atoms with Gasteiger partial charge in [-0.2, -0.15) is 5.26 Å². The van der Waals surface area contributed by atoms with Gasteiger partial charge >= 0.3 is 5.97 Å². The number of carbonyl (C=O) groups is 1. The molecule has 1 atom stereocenters. The lowest BCUT2D eigenvalue weighted by atomic mass is 10.1. The van der Waals surface area contributed by atoms with Gasteiger partial charge in [-0.3, -0.25) is 0 Å². The standard InChI is InChI=1S/C9H9NO2S/c1-6(5-10)4-7-2-3-8(13-7)9(11)12/h2-3,6H,4H2,1H3,(H,11,12). The van der Waals surface area contributed by atoms with Gasteiger partial charge in [0, 0.05) is 10.8 Å². The third-order valence-electron chi connectivity index (χ3n) is 1.60. The Hall–Kier alpha value is -1.34. The number of rotatable bonds is 3. The molecule has 68 valence electrons. The van der Waals surface area contributed by atoms with Crippen molar-refractivity contribution >= 4 is 17.3 Å². The molecular weight excluding hydrogens is 186 g/mol. The van der Waals surface area contributed by atoms with E-state index < -0.39 is 5.97 Å². The Labute approximate surface area is 80.2 Å². The highest BCUT2D eigenvalue weighted by atomic mass is 32.1. The first-order chi connectivity index (χ1) is 6.13. The van der Waals surface area contributed by atoms with Gasteiger partial charge in [0.05, 0.1) is 6.07 Å². The van der Waals surface area contributed by atoms with Crippen molar-refractivity contribution in [2.75, 3.05) is 0 Å². The highest BCUT2D eigenvalue weighted by Crippen LogP contribution is 2.19. The first-order valence-corrected chi connectivity index (χ1v) is 4.66. The van der Waals surface area contributed by atoms with Crippen LogP contribution in [0.4, 0.5) is 0 Å². The zero-order valence-electron chi connectivity index (χ0n) is 7.15. The number of thiophene rings is 1. The molecule has 0 aromatic carbocycles. The van der Waals surface area contributed by atoms with Crippen molar-refractivity contribution in [1.29, 1.82) is 5.26 Å². The van der Waals surface area contributed by atoms with Crippen LogP contribution in [0.15, 0.2) is 12.1 Å². The number of hydrogen-bond acceptors (Lipinski definition) is 3. The fourth-order valence-corrected chi connectivity index (χ4v) is 1.93. The van der Waals surface area contributed by atoms with Crippen LogP contribution in [0, 0.1) is 17.2 Å². The number of hydrogen-bond donors (Lipinski definition) is 1. The SMILES string of the molecule is CC(C#N)Cc1ccc(C(=O)O)s1. The molecule has 1 heterocycles. The van der Waals surface area contributed by atoms with E-state index in [1.165, 1.54) is 11.3 Å². The zero-order chi connectivity index (χ0) is 9.84. The van der Waals surface area contributed by atoms with Gasteiger partial charge < -0.3 is 5.11 Å². The molecular formula is C9H9NO2S. The van der Waals surface area contributed by atoms with Crippen LogP contribution in [0.5, 0.6) is 0 Å². The van der Waals surface area contributed by atoms with E-state index in [0.29, 0.717) is 11.3 Å². The first-order valence-electron chi connectivity index (χ1n) is 3.85. The van der Waals surface area contributed by atoms with Crippen LogP contribution < -0.4 is 0 Å². The van der Waals surface area contributed by atoms with Crippen LogP contribution >= 0.6 is 11.3 Å². The predicted molar refractivity (Wildman–Crippen MR) is 49.8 cm³/mol. The third-order valence-corrected chi connectivity index (χ3v) is 2.70. The molecule has 13 heavy (non-hydrogen) atoms. The van der Waals surface area contributed by atoms with Crippen molar-refractivity contribution in [2.24, 2.45) is 5.92 Å². The maximum atomic E-state index is 10.5. The Morgan fingerprint density at radius 2 is 2.46 bits per heavy atom. The van der Waals surface area contributed by atoms with E-state index >= 15 is 0 Å². The summed E-state index contributed by atoms with van der Waals surface area (Å²) in [4.78, 5) is 11.8. The Kier molecular flexibility index (Phi) is 3.04. The molecule has 0 spiro atoms. The lowest BCUT2D eigenvalue weighted by molar-refractivity contribution is 0.0702. The van der Waals surface area contributed by atoms with Crippen molar-refractivity contribution in [2.45, 2.75) is 13.3 Å². The van der Waals surface area contributed by atoms with Gasteiger partial charge in [0.2, 0.25) is 0 Å².